The minimum Gasteiger partial charge on any atom is -0.361 e. The molecule has 0 atom stereocenters. The topological polar surface area (TPSA) is 31.2 Å². The first-order valence-corrected chi connectivity index (χ1v) is 13.4. The zero-order valence-corrected chi connectivity index (χ0v) is 17.7. The van der Waals surface area contributed by atoms with Crippen molar-refractivity contribution < 1.29 is 13.9 Å². The molecular formula is C19H25BrFNO2Si. The number of Topliss-reactive ketones (excluding diaryl/α,β-unsaturated/α-hetero) is 1. The summed E-state index contributed by atoms with van der Waals surface area (Å²) in [4.78, 5) is 12.6. The molecule has 3 nitrogen and oxygen atoms in total. The largest absolute Gasteiger partial charge is 0.361 e. The second kappa shape index (κ2) is 7.33. The lowest BCUT2D eigenvalue weighted by Gasteiger charge is -2.17. The summed E-state index contributed by atoms with van der Waals surface area (Å²) in [7, 11) is -1.15. The van der Waals surface area contributed by atoms with Gasteiger partial charge in [0, 0.05) is 42.2 Å². The van der Waals surface area contributed by atoms with Gasteiger partial charge < -0.3 is 9.30 Å². The summed E-state index contributed by atoms with van der Waals surface area (Å²) in [6.07, 6.45) is 3.24. The molecule has 2 aromatic rings. The number of benzene rings is 1. The van der Waals surface area contributed by atoms with Gasteiger partial charge in [0.1, 0.15) is 12.5 Å². The van der Waals surface area contributed by atoms with Gasteiger partial charge in [0.15, 0.2) is 5.78 Å². The zero-order chi connectivity index (χ0) is 18.2. The Hall–Kier alpha value is -0.983. The average Bonchev–Trinajstić information content (AvgIpc) is 2.67. The van der Waals surface area contributed by atoms with Crippen molar-refractivity contribution in [1.29, 1.82) is 0 Å². The van der Waals surface area contributed by atoms with E-state index in [9.17, 15) is 9.18 Å². The van der Waals surface area contributed by atoms with Crippen LogP contribution in [-0.2, 0) is 17.9 Å². The van der Waals surface area contributed by atoms with Crippen molar-refractivity contribution in [3.05, 3.63) is 33.7 Å². The molecule has 1 heterocycles. The molecule has 25 heavy (non-hydrogen) atoms. The number of carbonyl (C=O) groups is 1. The van der Waals surface area contributed by atoms with Gasteiger partial charge in [0.2, 0.25) is 0 Å². The molecule has 0 saturated carbocycles. The van der Waals surface area contributed by atoms with E-state index in [1.165, 1.54) is 12.1 Å². The van der Waals surface area contributed by atoms with Crippen LogP contribution in [0, 0.1) is 5.82 Å². The van der Waals surface area contributed by atoms with Crippen LogP contribution in [0.3, 0.4) is 0 Å². The molecule has 0 radical (unpaired) electrons. The molecule has 0 spiro atoms. The molecule has 3 rings (SSSR count). The van der Waals surface area contributed by atoms with Crippen molar-refractivity contribution in [2.75, 3.05) is 6.61 Å². The first kappa shape index (κ1) is 18.8. The Bertz CT molecular complexity index is 810. The summed E-state index contributed by atoms with van der Waals surface area (Å²) in [6, 6.07) is 4.05. The molecule has 0 N–H and O–H groups in total. The fourth-order valence-corrected chi connectivity index (χ4v) is 4.81. The quantitative estimate of drug-likeness (QED) is 0.346. The van der Waals surface area contributed by atoms with Crippen molar-refractivity contribution in [2.45, 2.75) is 58.1 Å². The summed E-state index contributed by atoms with van der Waals surface area (Å²) in [5.41, 5.74) is 2.56. The van der Waals surface area contributed by atoms with Gasteiger partial charge in [0.25, 0.3) is 0 Å². The summed E-state index contributed by atoms with van der Waals surface area (Å²) >= 11 is 3.48. The molecule has 0 saturated heterocycles. The van der Waals surface area contributed by atoms with Gasteiger partial charge in [-0.25, -0.2) is 4.39 Å². The first-order chi connectivity index (χ1) is 11.8. The second-order valence-electron chi connectivity index (χ2n) is 8.01. The van der Waals surface area contributed by atoms with E-state index in [1.807, 2.05) is 0 Å². The van der Waals surface area contributed by atoms with E-state index >= 15 is 0 Å². The molecule has 1 aromatic heterocycles. The summed E-state index contributed by atoms with van der Waals surface area (Å²) in [6.45, 7) is 8.10. The van der Waals surface area contributed by atoms with E-state index in [2.05, 4.69) is 40.1 Å². The summed E-state index contributed by atoms with van der Waals surface area (Å²) in [5, 5.41) is 0.711. The third-order valence-corrected chi connectivity index (χ3v) is 7.05. The van der Waals surface area contributed by atoms with Crippen LogP contribution in [0.1, 0.15) is 35.3 Å². The normalized spacial score (nSPS) is 15.5. The Kier molecular flexibility index (Phi) is 5.51. The number of ether oxygens (including phenoxy) is 1. The van der Waals surface area contributed by atoms with Crippen LogP contribution in [0.25, 0.3) is 10.9 Å². The molecule has 0 amide bonds. The van der Waals surface area contributed by atoms with Gasteiger partial charge in [-0.2, -0.15) is 0 Å². The van der Waals surface area contributed by atoms with E-state index < -0.39 is 8.07 Å². The Morgan fingerprint density at radius 2 is 1.96 bits per heavy atom. The standard InChI is InChI=1S/C19H25BrFNO2Si/c1-25(2,3)9-8-24-12-22-16-6-4-5-7-17(23)18(16)14-10-13(21)11-15(20)19(14)22/h10-11H,4-9,12H2,1-3H3. The van der Waals surface area contributed by atoms with Crippen LogP contribution >= 0.6 is 15.9 Å². The second-order valence-corrected chi connectivity index (χ2v) is 14.5. The van der Waals surface area contributed by atoms with Crippen molar-refractivity contribution >= 4 is 40.7 Å². The van der Waals surface area contributed by atoms with E-state index in [1.54, 1.807) is 0 Å². The average molecular weight is 426 g/mol. The van der Waals surface area contributed by atoms with Gasteiger partial charge >= 0.3 is 0 Å². The highest BCUT2D eigenvalue weighted by molar-refractivity contribution is 9.10. The Balaban J connectivity index is 2.01. The number of fused-ring (bicyclic) bond motifs is 3. The van der Waals surface area contributed by atoms with E-state index in [0.717, 1.165) is 43.1 Å². The smallest absolute Gasteiger partial charge is 0.165 e. The van der Waals surface area contributed by atoms with E-state index in [4.69, 9.17) is 4.74 Å². The fourth-order valence-electron chi connectivity index (χ4n) is 3.41. The Morgan fingerprint density at radius 3 is 2.68 bits per heavy atom. The van der Waals surface area contributed by atoms with Crippen molar-refractivity contribution in [2.24, 2.45) is 0 Å². The van der Waals surface area contributed by atoms with Crippen LogP contribution in [-0.4, -0.2) is 25.0 Å². The van der Waals surface area contributed by atoms with Gasteiger partial charge in [-0.3, -0.25) is 4.79 Å². The fraction of sp³-hybridized carbons (Fsp3) is 0.526. The maximum atomic E-state index is 14.0. The number of rotatable bonds is 5. The molecule has 136 valence electrons. The van der Waals surface area contributed by atoms with Gasteiger partial charge in [-0.05, 0) is 53.4 Å². The molecule has 1 aliphatic carbocycles. The summed E-state index contributed by atoms with van der Waals surface area (Å²) < 4.78 is 22.7. The number of halogens is 2. The zero-order valence-electron chi connectivity index (χ0n) is 15.1. The van der Waals surface area contributed by atoms with Crippen molar-refractivity contribution in [3.63, 3.8) is 0 Å². The number of hydrogen-bond donors (Lipinski definition) is 0. The Morgan fingerprint density at radius 1 is 1.24 bits per heavy atom. The lowest BCUT2D eigenvalue weighted by molar-refractivity contribution is 0.0880. The number of aromatic nitrogens is 1. The minimum atomic E-state index is -1.15. The number of hydrogen-bond acceptors (Lipinski definition) is 2. The summed E-state index contributed by atoms with van der Waals surface area (Å²) in [5.74, 6) is -0.202. The van der Waals surface area contributed by atoms with E-state index in [-0.39, 0.29) is 11.6 Å². The minimum absolute atomic E-state index is 0.121. The predicted octanol–water partition coefficient (Wildman–Crippen LogP) is 5.76. The van der Waals surface area contributed by atoms with Crippen LogP contribution in [0.4, 0.5) is 4.39 Å². The van der Waals surface area contributed by atoms with Crippen LogP contribution < -0.4 is 0 Å². The molecule has 6 heteroatoms. The van der Waals surface area contributed by atoms with Gasteiger partial charge in [0.05, 0.1) is 5.52 Å². The monoisotopic (exact) mass is 425 g/mol. The maximum absolute atomic E-state index is 14.0. The number of carbonyl (C=O) groups excluding carboxylic acids is 1. The van der Waals surface area contributed by atoms with Crippen molar-refractivity contribution in [1.82, 2.24) is 4.57 Å². The van der Waals surface area contributed by atoms with Gasteiger partial charge in [-0.1, -0.05) is 19.6 Å². The number of ketones is 1. The van der Waals surface area contributed by atoms with Crippen LogP contribution in [0.2, 0.25) is 25.7 Å². The van der Waals surface area contributed by atoms with Crippen LogP contribution in [0.15, 0.2) is 16.6 Å². The molecule has 0 unspecified atom stereocenters. The third kappa shape index (κ3) is 4.06. The lowest BCUT2D eigenvalue weighted by Crippen LogP contribution is -2.22. The SMILES string of the molecule is C[Si](C)(C)CCOCn1c2c(c3cc(F)cc(Br)c31)C(=O)CCCC2. The molecule has 0 aliphatic heterocycles. The Labute approximate surface area is 157 Å². The highest BCUT2D eigenvalue weighted by atomic mass is 79.9. The lowest BCUT2D eigenvalue weighted by atomic mass is 10.1. The van der Waals surface area contributed by atoms with Gasteiger partial charge in [-0.15, -0.1) is 0 Å². The number of nitrogens with zero attached hydrogens (tertiary/aromatic N) is 1. The van der Waals surface area contributed by atoms with E-state index in [0.29, 0.717) is 28.6 Å². The molecule has 1 aliphatic rings. The van der Waals surface area contributed by atoms with Crippen LogP contribution in [0.5, 0.6) is 0 Å². The highest BCUT2D eigenvalue weighted by Gasteiger charge is 2.26. The molecule has 0 bridgehead atoms. The highest BCUT2D eigenvalue weighted by Crippen LogP contribution is 2.36. The third-order valence-electron chi connectivity index (χ3n) is 4.74. The van der Waals surface area contributed by atoms with Crippen molar-refractivity contribution in [3.8, 4) is 0 Å². The molecular weight excluding hydrogens is 401 g/mol. The first-order valence-electron chi connectivity index (χ1n) is 8.89. The molecule has 0 fully saturated rings. The molecule has 1 aromatic carbocycles. The maximum Gasteiger partial charge on any atom is 0.165 e. The predicted molar refractivity (Wildman–Crippen MR) is 106 cm³/mol.